The van der Waals surface area contributed by atoms with Gasteiger partial charge < -0.3 is 14.5 Å². The maximum Gasteiger partial charge on any atom is 0.311 e. The third-order valence-corrected chi connectivity index (χ3v) is 5.23. The van der Waals surface area contributed by atoms with Crippen LogP contribution in [0.25, 0.3) is 11.1 Å². The van der Waals surface area contributed by atoms with Crippen LogP contribution in [0.4, 0.5) is 4.39 Å². The molecule has 4 nitrogen and oxygen atoms in total. The number of rotatable bonds is 11. The maximum absolute atomic E-state index is 14.1. The Labute approximate surface area is 183 Å². The third-order valence-electron chi connectivity index (χ3n) is 5.00. The van der Waals surface area contributed by atoms with Crippen molar-refractivity contribution in [3.63, 3.8) is 0 Å². The molecule has 2 aromatic rings. The minimum Gasteiger partial charge on any atom is -0.466 e. The molecule has 7 heteroatoms. The Bertz CT molecular complexity index is 813. The van der Waals surface area contributed by atoms with Crippen LogP contribution in [0.3, 0.4) is 0 Å². The molecule has 2 rings (SSSR count). The Hall–Kier alpha value is -1.89. The van der Waals surface area contributed by atoms with Crippen molar-refractivity contribution in [3.8, 4) is 11.1 Å². The first-order valence-electron chi connectivity index (χ1n) is 10.2. The number of ether oxygens (including phenoxy) is 2. The SMILES string of the molecule is CCOC(=O)[C@H](COC)C[C@H](CB(C)O)Cc1ccc(-c2cc(Cl)ccc2F)cc1. The lowest BCUT2D eigenvalue weighted by Crippen LogP contribution is -2.27. The zero-order chi connectivity index (χ0) is 22.1. The fourth-order valence-electron chi connectivity index (χ4n) is 3.71. The summed E-state index contributed by atoms with van der Waals surface area (Å²) >= 11 is 6.00. The van der Waals surface area contributed by atoms with Crippen LogP contribution < -0.4 is 0 Å². The monoisotopic (exact) mass is 434 g/mol. The minimum atomic E-state index is -0.486. The van der Waals surface area contributed by atoms with Crippen molar-refractivity contribution in [2.24, 2.45) is 11.8 Å². The minimum absolute atomic E-state index is 0.0725. The third kappa shape index (κ3) is 7.42. The van der Waals surface area contributed by atoms with E-state index in [-0.39, 0.29) is 30.2 Å². The topological polar surface area (TPSA) is 55.8 Å². The van der Waals surface area contributed by atoms with Gasteiger partial charge in [0.1, 0.15) is 5.82 Å². The Morgan fingerprint density at radius 1 is 1.23 bits per heavy atom. The quantitative estimate of drug-likeness (QED) is 0.393. The van der Waals surface area contributed by atoms with Crippen molar-refractivity contribution < 1.29 is 23.7 Å². The Kier molecular flexibility index (Phi) is 9.82. The molecule has 30 heavy (non-hydrogen) atoms. The van der Waals surface area contributed by atoms with Gasteiger partial charge in [0, 0.05) is 17.7 Å². The van der Waals surface area contributed by atoms with Gasteiger partial charge in [0.05, 0.1) is 19.1 Å². The number of hydrogen-bond donors (Lipinski definition) is 1. The molecule has 0 saturated carbocycles. The van der Waals surface area contributed by atoms with E-state index < -0.39 is 6.92 Å². The highest BCUT2D eigenvalue weighted by atomic mass is 35.5. The first-order valence-corrected chi connectivity index (χ1v) is 10.6. The summed E-state index contributed by atoms with van der Waals surface area (Å²) in [6.07, 6.45) is 1.80. The molecule has 0 aromatic heterocycles. The number of hydrogen-bond acceptors (Lipinski definition) is 4. The van der Waals surface area contributed by atoms with Gasteiger partial charge in [-0.15, -0.1) is 0 Å². The molecule has 0 aliphatic carbocycles. The van der Waals surface area contributed by atoms with E-state index in [0.717, 1.165) is 11.1 Å². The molecule has 1 N–H and O–H groups in total. The van der Waals surface area contributed by atoms with Crippen LogP contribution in [0.5, 0.6) is 0 Å². The number of halogens is 2. The van der Waals surface area contributed by atoms with Crippen LogP contribution >= 0.6 is 11.6 Å². The number of esters is 1. The molecule has 2 aromatic carbocycles. The van der Waals surface area contributed by atoms with Gasteiger partial charge >= 0.3 is 5.97 Å². The zero-order valence-corrected chi connectivity index (χ0v) is 18.5. The molecule has 0 radical (unpaired) electrons. The van der Waals surface area contributed by atoms with Gasteiger partial charge in [-0.05, 0) is 61.3 Å². The summed E-state index contributed by atoms with van der Waals surface area (Å²) in [6, 6.07) is 12.1. The lowest BCUT2D eigenvalue weighted by atomic mass is 9.62. The standard InChI is InChI=1S/C23H29BClFO4/c1-4-30-23(27)19(15-29-3)12-17(14-24(2)28)11-16-5-7-18(8-6-16)21-13-20(25)9-10-22(21)26/h5-10,13,17,19,28H,4,11-12,14-15H2,1-3H3/t17-,19+/m1/s1. The number of carbonyl (C=O) groups excluding carboxylic acids is 1. The van der Waals surface area contributed by atoms with E-state index in [2.05, 4.69) is 0 Å². The predicted octanol–water partition coefficient (Wildman–Crippen LogP) is 5.13. The largest absolute Gasteiger partial charge is 0.466 e. The number of benzene rings is 2. The highest BCUT2D eigenvalue weighted by Crippen LogP contribution is 2.28. The van der Waals surface area contributed by atoms with Gasteiger partial charge in [-0.1, -0.05) is 42.7 Å². The molecule has 0 amide bonds. The van der Waals surface area contributed by atoms with Gasteiger partial charge in [-0.2, -0.15) is 0 Å². The van der Waals surface area contributed by atoms with Crippen molar-refractivity contribution in [2.45, 2.75) is 32.9 Å². The van der Waals surface area contributed by atoms with E-state index in [1.165, 1.54) is 12.1 Å². The van der Waals surface area contributed by atoms with Gasteiger partial charge in [-0.3, -0.25) is 4.79 Å². The first-order chi connectivity index (χ1) is 14.3. The summed E-state index contributed by atoms with van der Waals surface area (Å²) in [5.74, 6) is -0.903. The van der Waals surface area contributed by atoms with Crippen molar-refractivity contribution in [1.82, 2.24) is 0 Å². The Morgan fingerprint density at radius 3 is 2.53 bits per heavy atom. The van der Waals surface area contributed by atoms with Crippen molar-refractivity contribution in [1.29, 1.82) is 0 Å². The summed E-state index contributed by atoms with van der Waals surface area (Å²) < 4.78 is 24.5. The average Bonchev–Trinajstić information content (AvgIpc) is 2.70. The van der Waals surface area contributed by atoms with Crippen LogP contribution in [-0.2, 0) is 20.7 Å². The van der Waals surface area contributed by atoms with Crippen LogP contribution in [0.2, 0.25) is 18.2 Å². The highest BCUT2D eigenvalue weighted by Gasteiger charge is 2.26. The van der Waals surface area contributed by atoms with Gasteiger partial charge in [-0.25, -0.2) is 4.39 Å². The van der Waals surface area contributed by atoms with E-state index in [4.69, 9.17) is 21.1 Å². The van der Waals surface area contributed by atoms with Gasteiger partial charge in [0.2, 0.25) is 0 Å². The zero-order valence-electron chi connectivity index (χ0n) is 17.7. The second-order valence-corrected chi connectivity index (χ2v) is 8.05. The average molecular weight is 435 g/mol. The molecule has 0 aliphatic rings. The summed E-state index contributed by atoms with van der Waals surface area (Å²) in [4.78, 5) is 12.3. The van der Waals surface area contributed by atoms with Gasteiger partial charge in [0.25, 0.3) is 6.92 Å². The van der Waals surface area contributed by atoms with E-state index in [1.807, 2.05) is 24.3 Å². The highest BCUT2D eigenvalue weighted by molar-refractivity contribution is 6.48. The maximum atomic E-state index is 14.1. The number of carbonyl (C=O) groups is 1. The van der Waals surface area contributed by atoms with Crippen molar-refractivity contribution in [2.75, 3.05) is 20.3 Å². The molecule has 0 saturated heterocycles. The van der Waals surface area contributed by atoms with Gasteiger partial charge in [0.15, 0.2) is 0 Å². The number of methoxy groups -OCH3 is 1. The first kappa shape index (κ1) is 24.4. The Balaban J connectivity index is 2.15. The van der Waals surface area contributed by atoms with Crippen LogP contribution in [-0.4, -0.2) is 38.2 Å². The Morgan fingerprint density at radius 2 is 1.93 bits per heavy atom. The van der Waals surface area contributed by atoms with E-state index in [0.29, 0.717) is 36.4 Å². The van der Waals surface area contributed by atoms with E-state index in [9.17, 15) is 14.2 Å². The molecular weight excluding hydrogens is 406 g/mol. The smallest absolute Gasteiger partial charge is 0.311 e. The molecule has 0 spiro atoms. The lowest BCUT2D eigenvalue weighted by molar-refractivity contribution is -0.150. The second kappa shape index (κ2) is 12.1. The molecule has 0 aliphatic heterocycles. The molecule has 2 atom stereocenters. The second-order valence-electron chi connectivity index (χ2n) is 7.62. The molecule has 0 unspecified atom stereocenters. The molecule has 162 valence electrons. The molecular formula is C23H29BClFO4. The van der Waals surface area contributed by atoms with Crippen LogP contribution in [0, 0.1) is 17.7 Å². The van der Waals surface area contributed by atoms with Crippen molar-refractivity contribution >= 4 is 24.5 Å². The van der Waals surface area contributed by atoms with Crippen molar-refractivity contribution in [3.05, 3.63) is 58.9 Å². The molecule has 0 bridgehead atoms. The van der Waals surface area contributed by atoms with Crippen LogP contribution in [0.1, 0.15) is 18.9 Å². The normalized spacial score (nSPS) is 13.0. The molecule has 0 heterocycles. The summed E-state index contributed by atoms with van der Waals surface area (Å²) in [7, 11) is 1.56. The fourth-order valence-corrected chi connectivity index (χ4v) is 3.89. The lowest BCUT2D eigenvalue weighted by Gasteiger charge is -2.23. The van der Waals surface area contributed by atoms with E-state index in [1.54, 1.807) is 26.9 Å². The molecule has 0 fully saturated rings. The van der Waals surface area contributed by atoms with E-state index >= 15 is 0 Å². The van der Waals surface area contributed by atoms with Crippen LogP contribution in [0.15, 0.2) is 42.5 Å². The summed E-state index contributed by atoms with van der Waals surface area (Å²) in [5, 5.41) is 10.4. The fraction of sp³-hybridized carbons (Fsp3) is 0.435. The summed E-state index contributed by atoms with van der Waals surface area (Å²) in [6.45, 7) is 3.64. The predicted molar refractivity (Wildman–Crippen MR) is 119 cm³/mol. The summed E-state index contributed by atoms with van der Waals surface area (Å²) in [5.41, 5.74) is 2.25.